The minimum absolute atomic E-state index is 0.238. The summed E-state index contributed by atoms with van der Waals surface area (Å²) in [5.74, 6) is 0.524. The quantitative estimate of drug-likeness (QED) is 0.851. The molecule has 22 heavy (non-hydrogen) atoms. The molecule has 0 aromatic heterocycles. The lowest BCUT2D eigenvalue weighted by Crippen LogP contribution is -2.36. The van der Waals surface area contributed by atoms with Gasteiger partial charge in [0.2, 0.25) is 0 Å². The molecule has 2 heteroatoms. The largest absolute Gasteiger partial charge is 0.378 e. The Kier molecular flexibility index (Phi) is 3.63. The minimum Gasteiger partial charge on any atom is -0.378 e. The van der Waals surface area contributed by atoms with Gasteiger partial charge in [0, 0.05) is 23.8 Å². The molecule has 2 aliphatic rings. The van der Waals surface area contributed by atoms with Crippen LogP contribution in [0.3, 0.4) is 0 Å². The van der Waals surface area contributed by atoms with Crippen molar-refractivity contribution in [3.63, 3.8) is 0 Å². The first-order chi connectivity index (χ1) is 10.9. The van der Waals surface area contributed by atoms with Crippen LogP contribution in [-0.2, 0) is 11.2 Å². The summed E-state index contributed by atoms with van der Waals surface area (Å²) in [6, 6.07) is 18.0. The van der Waals surface area contributed by atoms with Crippen LogP contribution >= 0.6 is 0 Å². The molecule has 2 heterocycles. The van der Waals surface area contributed by atoms with Gasteiger partial charge in [-0.1, -0.05) is 49.4 Å². The number of benzene rings is 2. The number of hydrogen-bond acceptors (Lipinski definition) is 2. The zero-order valence-corrected chi connectivity index (χ0v) is 13.1. The predicted octanol–water partition coefficient (Wildman–Crippen LogP) is 4.88. The maximum atomic E-state index is 6.22. The molecule has 2 nitrogen and oxygen atoms in total. The first-order valence-corrected chi connectivity index (χ1v) is 8.42. The minimum atomic E-state index is 0.238. The second-order valence-electron chi connectivity index (χ2n) is 6.41. The van der Waals surface area contributed by atoms with Crippen molar-refractivity contribution in [3.8, 4) is 0 Å². The molecule has 2 aromatic rings. The Bertz CT molecular complexity index is 652. The summed E-state index contributed by atoms with van der Waals surface area (Å²) in [5.41, 5.74) is 5.37. The van der Waals surface area contributed by atoms with Crippen molar-refractivity contribution >= 4 is 5.69 Å². The van der Waals surface area contributed by atoms with Gasteiger partial charge in [0.25, 0.3) is 0 Å². The molecule has 4 rings (SSSR count). The van der Waals surface area contributed by atoms with Crippen molar-refractivity contribution in [1.82, 2.24) is 0 Å². The Labute approximate surface area is 132 Å². The second-order valence-corrected chi connectivity index (χ2v) is 6.41. The van der Waals surface area contributed by atoms with Crippen LogP contribution in [0.1, 0.15) is 48.6 Å². The van der Waals surface area contributed by atoms with Crippen molar-refractivity contribution in [2.45, 2.75) is 38.3 Å². The average Bonchev–Trinajstić information content (AvgIpc) is 2.61. The lowest BCUT2D eigenvalue weighted by Gasteiger charge is -2.43. The molecular formula is C20H23NO. The number of anilines is 1. The Balaban J connectivity index is 1.77. The van der Waals surface area contributed by atoms with Crippen molar-refractivity contribution in [3.05, 3.63) is 65.2 Å². The molecule has 1 unspecified atom stereocenters. The predicted molar refractivity (Wildman–Crippen MR) is 90.0 cm³/mol. The highest BCUT2D eigenvalue weighted by atomic mass is 16.5. The first-order valence-electron chi connectivity index (χ1n) is 8.42. The lowest BCUT2D eigenvalue weighted by atomic mass is 9.77. The zero-order valence-electron chi connectivity index (χ0n) is 13.1. The van der Waals surface area contributed by atoms with Crippen LogP contribution in [0.2, 0.25) is 0 Å². The van der Waals surface area contributed by atoms with E-state index in [4.69, 9.17) is 4.74 Å². The lowest BCUT2D eigenvalue weighted by molar-refractivity contribution is -0.0381. The molecule has 114 valence electrons. The molecule has 1 fully saturated rings. The summed E-state index contributed by atoms with van der Waals surface area (Å²) < 4.78 is 6.22. The first kappa shape index (κ1) is 13.8. The molecule has 0 amide bonds. The monoisotopic (exact) mass is 293 g/mol. The van der Waals surface area contributed by atoms with Gasteiger partial charge in [-0.05, 0) is 36.5 Å². The third-order valence-corrected chi connectivity index (χ3v) is 5.10. The van der Waals surface area contributed by atoms with Gasteiger partial charge in [-0.15, -0.1) is 0 Å². The molecule has 3 atom stereocenters. The van der Waals surface area contributed by atoms with Crippen LogP contribution in [0.4, 0.5) is 5.69 Å². The summed E-state index contributed by atoms with van der Waals surface area (Å²) >= 11 is 0. The summed E-state index contributed by atoms with van der Waals surface area (Å²) in [7, 11) is 0. The van der Waals surface area contributed by atoms with Gasteiger partial charge in [-0.2, -0.15) is 0 Å². The number of nitrogens with one attached hydrogen (secondary N) is 1. The molecule has 0 spiro atoms. The maximum absolute atomic E-state index is 6.22. The van der Waals surface area contributed by atoms with Crippen molar-refractivity contribution in [2.24, 2.45) is 5.92 Å². The van der Waals surface area contributed by atoms with Gasteiger partial charge in [0.1, 0.15) is 0 Å². The molecule has 0 bridgehead atoms. The summed E-state index contributed by atoms with van der Waals surface area (Å²) in [6.45, 7) is 3.10. The van der Waals surface area contributed by atoms with E-state index in [1.807, 2.05) is 0 Å². The fourth-order valence-corrected chi connectivity index (χ4v) is 3.93. The molecule has 1 saturated heterocycles. The third kappa shape index (κ3) is 2.32. The molecule has 0 saturated carbocycles. The van der Waals surface area contributed by atoms with Crippen molar-refractivity contribution < 1.29 is 4.74 Å². The standard InChI is InChI=1S/C20H23NO/c1-2-14-10-11-18-17(13-14)20-16(9-6-12-22-20)19(21-18)15-7-4-3-5-8-15/h3-5,7-8,10-11,13,16,19-21H,2,6,9,12H2,1H3/t16-,19?,20-/m0/s1. The highest BCUT2D eigenvalue weighted by Crippen LogP contribution is 2.49. The maximum Gasteiger partial charge on any atom is 0.0895 e. The molecule has 1 N–H and O–H groups in total. The van der Waals surface area contributed by atoms with E-state index in [0.29, 0.717) is 12.0 Å². The number of hydrogen-bond donors (Lipinski definition) is 1. The van der Waals surface area contributed by atoms with Crippen LogP contribution in [0, 0.1) is 5.92 Å². The molecule has 0 radical (unpaired) electrons. The highest BCUT2D eigenvalue weighted by Gasteiger charge is 2.39. The fraction of sp³-hybridized carbons (Fsp3) is 0.400. The van der Waals surface area contributed by atoms with E-state index in [1.54, 1.807) is 0 Å². The van der Waals surface area contributed by atoms with Crippen molar-refractivity contribution in [2.75, 3.05) is 11.9 Å². The molecule has 2 aliphatic heterocycles. The topological polar surface area (TPSA) is 21.3 Å². The normalized spacial score (nSPS) is 26.7. The number of rotatable bonds is 2. The van der Waals surface area contributed by atoms with Crippen LogP contribution in [-0.4, -0.2) is 6.61 Å². The van der Waals surface area contributed by atoms with Gasteiger partial charge >= 0.3 is 0 Å². The van der Waals surface area contributed by atoms with Gasteiger partial charge in [0.15, 0.2) is 0 Å². The number of fused-ring (bicyclic) bond motifs is 3. The highest BCUT2D eigenvalue weighted by molar-refractivity contribution is 5.58. The van der Waals surface area contributed by atoms with E-state index in [9.17, 15) is 0 Å². The fourth-order valence-electron chi connectivity index (χ4n) is 3.93. The van der Waals surface area contributed by atoms with Crippen LogP contribution in [0.15, 0.2) is 48.5 Å². The van der Waals surface area contributed by atoms with Gasteiger partial charge in [-0.3, -0.25) is 0 Å². The van der Waals surface area contributed by atoms with E-state index < -0.39 is 0 Å². The summed E-state index contributed by atoms with van der Waals surface area (Å²) in [5, 5.41) is 3.78. The van der Waals surface area contributed by atoms with Gasteiger partial charge in [0.05, 0.1) is 12.1 Å². The Morgan fingerprint density at radius 2 is 2.00 bits per heavy atom. The van der Waals surface area contributed by atoms with Crippen molar-refractivity contribution in [1.29, 1.82) is 0 Å². The second kappa shape index (κ2) is 5.77. The van der Waals surface area contributed by atoms with E-state index in [0.717, 1.165) is 19.4 Å². The molecular weight excluding hydrogens is 270 g/mol. The SMILES string of the molecule is CCc1ccc2c(c1)[C@H]1OCCC[C@H]1C(c1ccccc1)N2. The van der Waals surface area contributed by atoms with E-state index in [1.165, 1.54) is 28.8 Å². The van der Waals surface area contributed by atoms with Gasteiger partial charge in [-0.25, -0.2) is 0 Å². The molecule has 0 aliphatic carbocycles. The number of aryl methyl sites for hydroxylation is 1. The van der Waals surface area contributed by atoms with Crippen LogP contribution in [0.25, 0.3) is 0 Å². The molecule has 2 aromatic carbocycles. The Hall–Kier alpha value is -1.80. The zero-order chi connectivity index (χ0) is 14.9. The average molecular weight is 293 g/mol. The van der Waals surface area contributed by atoms with E-state index in [2.05, 4.69) is 60.8 Å². The third-order valence-electron chi connectivity index (χ3n) is 5.10. The Morgan fingerprint density at radius 1 is 1.14 bits per heavy atom. The van der Waals surface area contributed by atoms with E-state index in [-0.39, 0.29) is 6.10 Å². The smallest absolute Gasteiger partial charge is 0.0895 e. The van der Waals surface area contributed by atoms with E-state index >= 15 is 0 Å². The number of ether oxygens (including phenoxy) is 1. The summed E-state index contributed by atoms with van der Waals surface area (Å²) in [6.07, 6.45) is 3.70. The van der Waals surface area contributed by atoms with Gasteiger partial charge < -0.3 is 10.1 Å². The Morgan fingerprint density at radius 3 is 2.82 bits per heavy atom. The summed E-state index contributed by atoms with van der Waals surface area (Å²) in [4.78, 5) is 0. The van der Waals surface area contributed by atoms with Crippen LogP contribution in [0.5, 0.6) is 0 Å². The van der Waals surface area contributed by atoms with Crippen LogP contribution < -0.4 is 5.32 Å².